The molecule has 1 amide bonds. The Balaban J connectivity index is 1.60. The van der Waals surface area contributed by atoms with Gasteiger partial charge in [0.2, 0.25) is 11.8 Å². The van der Waals surface area contributed by atoms with Crippen LogP contribution in [0.15, 0.2) is 4.42 Å². The van der Waals surface area contributed by atoms with E-state index in [-0.39, 0.29) is 5.91 Å². The summed E-state index contributed by atoms with van der Waals surface area (Å²) in [5, 5.41) is 8.10. The van der Waals surface area contributed by atoms with Crippen molar-refractivity contribution in [2.24, 2.45) is 0 Å². The van der Waals surface area contributed by atoms with Crippen LogP contribution in [0.4, 0.5) is 6.01 Å². The third-order valence-corrected chi connectivity index (χ3v) is 4.46. The maximum atomic E-state index is 12.4. The second-order valence-electron chi connectivity index (χ2n) is 6.03. The lowest BCUT2D eigenvalue weighted by atomic mass is 9.93. The molecule has 1 aliphatic carbocycles. The number of carbonyl (C=O) groups is 1. The fourth-order valence-corrected chi connectivity index (χ4v) is 3.32. The molecule has 0 aromatic carbocycles. The Kier molecular flexibility index (Phi) is 4.41. The van der Waals surface area contributed by atoms with E-state index in [4.69, 9.17) is 4.42 Å². The highest BCUT2D eigenvalue weighted by molar-refractivity contribution is 5.82. The highest BCUT2D eigenvalue weighted by atomic mass is 16.4. The molecule has 0 N–H and O–H groups in total. The molecule has 0 atom stereocenters. The molecule has 1 aliphatic heterocycles. The summed E-state index contributed by atoms with van der Waals surface area (Å²) in [6, 6.07) is 0.946. The van der Waals surface area contributed by atoms with Crippen LogP contribution >= 0.6 is 0 Å². The number of nitrogens with zero attached hydrogens (tertiary/aromatic N) is 4. The maximum Gasteiger partial charge on any atom is 0.318 e. The van der Waals surface area contributed by atoms with Gasteiger partial charge in [0.15, 0.2) is 0 Å². The fraction of sp³-hybridized carbons (Fsp3) is 0.800. The van der Waals surface area contributed by atoms with Crippen LogP contribution in [0, 0.1) is 0 Å². The molecular formula is C15H24N4O2. The first-order valence-electron chi connectivity index (χ1n) is 8.14. The van der Waals surface area contributed by atoms with Gasteiger partial charge in [0, 0.05) is 25.6 Å². The van der Waals surface area contributed by atoms with Gasteiger partial charge in [0.25, 0.3) is 0 Å². The van der Waals surface area contributed by atoms with Gasteiger partial charge in [-0.2, -0.15) is 0 Å². The molecule has 21 heavy (non-hydrogen) atoms. The van der Waals surface area contributed by atoms with Gasteiger partial charge in [-0.3, -0.25) is 4.79 Å². The minimum Gasteiger partial charge on any atom is -0.408 e. The molecule has 0 spiro atoms. The van der Waals surface area contributed by atoms with Crippen molar-refractivity contribution in [2.45, 2.75) is 57.9 Å². The van der Waals surface area contributed by atoms with Crippen LogP contribution in [0.3, 0.4) is 0 Å². The molecule has 2 aliphatic rings. The van der Waals surface area contributed by atoms with Crippen LogP contribution < -0.4 is 4.90 Å². The number of carbonyl (C=O) groups excluding carboxylic acids is 1. The maximum absolute atomic E-state index is 12.4. The number of piperazine rings is 1. The fourth-order valence-electron chi connectivity index (χ4n) is 3.32. The van der Waals surface area contributed by atoms with E-state index >= 15 is 0 Å². The molecule has 2 fully saturated rings. The van der Waals surface area contributed by atoms with Crippen molar-refractivity contribution in [1.82, 2.24) is 15.1 Å². The van der Waals surface area contributed by atoms with Gasteiger partial charge in [0.05, 0.1) is 0 Å². The lowest BCUT2D eigenvalue weighted by molar-refractivity contribution is -0.134. The summed E-state index contributed by atoms with van der Waals surface area (Å²) in [5.41, 5.74) is 0. The second kappa shape index (κ2) is 6.45. The average molecular weight is 292 g/mol. The summed E-state index contributed by atoms with van der Waals surface area (Å²) in [6.07, 6.45) is 7.91. The van der Waals surface area contributed by atoms with Gasteiger partial charge >= 0.3 is 6.01 Å². The monoisotopic (exact) mass is 292 g/mol. The van der Waals surface area contributed by atoms with E-state index in [9.17, 15) is 4.79 Å². The third kappa shape index (κ3) is 3.19. The molecule has 2 heterocycles. The predicted molar refractivity (Wildman–Crippen MR) is 79.1 cm³/mol. The van der Waals surface area contributed by atoms with Crippen LogP contribution in [-0.4, -0.2) is 46.7 Å². The summed E-state index contributed by atoms with van der Waals surface area (Å²) < 4.78 is 5.63. The third-order valence-electron chi connectivity index (χ3n) is 4.46. The standard InChI is InChI=1S/C15H24N4O2/c1-2-6-13-16-17-15(21-13)18-9-10-19(14(20)11-18)12-7-4-3-5-8-12/h12H,2-11H2,1H3. The molecule has 116 valence electrons. The van der Waals surface area contributed by atoms with Crippen molar-refractivity contribution in [1.29, 1.82) is 0 Å². The van der Waals surface area contributed by atoms with Crippen molar-refractivity contribution >= 4 is 11.9 Å². The first kappa shape index (κ1) is 14.4. The number of aromatic nitrogens is 2. The van der Waals surface area contributed by atoms with Gasteiger partial charge in [-0.1, -0.05) is 31.3 Å². The molecular weight excluding hydrogens is 268 g/mol. The highest BCUT2D eigenvalue weighted by Gasteiger charge is 2.32. The minimum atomic E-state index is 0.198. The zero-order valence-corrected chi connectivity index (χ0v) is 12.8. The molecule has 6 nitrogen and oxygen atoms in total. The van der Waals surface area contributed by atoms with Crippen LogP contribution in [-0.2, 0) is 11.2 Å². The number of aryl methyl sites for hydroxylation is 1. The SMILES string of the molecule is CCCc1nnc(N2CCN(C3CCCCC3)C(=O)C2)o1. The summed E-state index contributed by atoms with van der Waals surface area (Å²) in [7, 11) is 0. The Morgan fingerprint density at radius 1 is 1.19 bits per heavy atom. The molecule has 1 saturated carbocycles. The first-order valence-corrected chi connectivity index (χ1v) is 8.14. The smallest absolute Gasteiger partial charge is 0.318 e. The van der Waals surface area contributed by atoms with Gasteiger partial charge in [-0.25, -0.2) is 0 Å². The molecule has 6 heteroatoms. The zero-order chi connectivity index (χ0) is 14.7. The van der Waals surface area contributed by atoms with E-state index < -0.39 is 0 Å². The van der Waals surface area contributed by atoms with Crippen LogP contribution in [0.5, 0.6) is 0 Å². The number of amides is 1. The van der Waals surface area contributed by atoms with Gasteiger partial charge in [-0.05, 0) is 19.3 Å². The van der Waals surface area contributed by atoms with Gasteiger partial charge in [0.1, 0.15) is 6.54 Å². The number of anilines is 1. The van der Waals surface area contributed by atoms with Crippen LogP contribution in [0.2, 0.25) is 0 Å². The zero-order valence-electron chi connectivity index (χ0n) is 12.8. The molecule has 1 saturated heterocycles. The van der Waals surface area contributed by atoms with E-state index in [1.807, 2.05) is 4.90 Å². The number of rotatable bonds is 4. The van der Waals surface area contributed by atoms with Crippen LogP contribution in [0.25, 0.3) is 0 Å². The lowest BCUT2D eigenvalue weighted by Gasteiger charge is -2.39. The van der Waals surface area contributed by atoms with E-state index in [1.54, 1.807) is 0 Å². The van der Waals surface area contributed by atoms with E-state index in [0.29, 0.717) is 24.5 Å². The number of hydrogen-bond acceptors (Lipinski definition) is 5. The van der Waals surface area contributed by atoms with Crippen molar-refractivity contribution in [3.8, 4) is 0 Å². The van der Waals surface area contributed by atoms with Crippen LogP contribution in [0.1, 0.15) is 51.3 Å². The molecule has 1 aromatic rings. The lowest BCUT2D eigenvalue weighted by Crippen LogP contribution is -2.54. The van der Waals surface area contributed by atoms with E-state index in [2.05, 4.69) is 22.0 Å². The van der Waals surface area contributed by atoms with Gasteiger partial charge < -0.3 is 14.2 Å². The Hall–Kier alpha value is -1.59. The minimum absolute atomic E-state index is 0.198. The predicted octanol–water partition coefficient (Wildman–Crippen LogP) is 2.00. The summed E-state index contributed by atoms with van der Waals surface area (Å²) >= 11 is 0. The quantitative estimate of drug-likeness (QED) is 0.849. The van der Waals surface area contributed by atoms with Crippen molar-refractivity contribution in [3.63, 3.8) is 0 Å². The van der Waals surface area contributed by atoms with E-state index in [0.717, 1.165) is 38.8 Å². The summed E-state index contributed by atoms with van der Waals surface area (Å²) in [6.45, 7) is 4.01. The summed E-state index contributed by atoms with van der Waals surface area (Å²) in [4.78, 5) is 16.4. The largest absolute Gasteiger partial charge is 0.408 e. The van der Waals surface area contributed by atoms with Crippen molar-refractivity contribution < 1.29 is 9.21 Å². The van der Waals surface area contributed by atoms with E-state index in [1.165, 1.54) is 19.3 Å². The second-order valence-corrected chi connectivity index (χ2v) is 6.03. The topological polar surface area (TPSA) is 62.5 Å². The van der Waals surface area contributed by atoms with Gasteiger partial charge in [-0.15, -0.1) is 5.10 Å². The molecule has 3 rings (SSSR count). The highest BCUT2D eigenvalue weighted by Crippen LogP contribution is 2.25. The summed E-state index contributed by atoms with van der Waals surface area (Å²) in [5.74, 6) is 0.859. The number of hydrogen-bond donors (Lipinski definition) is 0. The first-order chi connectivity index (χ1) is 10.3. The van der Waals surface area contributed by atoms with Crippen molar-refractivity contribution in [3.05, 3.63) is 5.89 Å². The normalized spacial score (nSPS) is 21.1. The molecule has 0 radical (unpaired) electrons. The molecule has 1 aromatic heterocycles. The Labute approximate surface area is 125 Å². The Morgan fingerprint density at radius 2 is 2.00 bits per heavy atom. The van der Waals surface area contributed by atoms with Crippen molar-refractivity contribution in [2.75, 3.05) is 24.5 Å². The average Bonchev–Trinajstić information content (AvgIpc) is 2.97. The Morgan fingerprint density at radius 3 is 2.71 bits per heavy atom. The molecule has 0 bridgehead atoms. The molecule has 0 unspecified atom stereocenters. The Bertz CT molecular complexity index is 482.